The Morgan fingerprint density at radius 1 is 1.24 bits per heavy atom. The third-order valence-corrected chi connectivity index (χ3v) is 4.06. The van der Waals surface area contributed by atoms with Crippen LogP contribution in [0.2, 0.25) is 5.02 Å². The van der Waals surface area contributed by atoms with Gasteiger partial charge in [0.1, 0.15) is 5.82 Å². The zero-order valence-electron chi connectivity index (χ0n) is 11.4. The van der Waals surface area contributed by atoms with Gasteiger partial charge in [-0.05, 0) is 31.0 Å². The van der Waals surface area contributed by atoms with E-state index < -0.39 is 29.7 Å². The van der Waals surface area contributed by atoms with Crippen LogP contribution in [0.1, 0.15) is 42.5 Å². The highest BCUT2D eigenvalue weighted by atomic mass is 35.5. The fourth-order valence-electron chi connectivity index (χ4n) is 2.69. The number of hydrogen-bond acceptors (Lipinski definition) is 2. The zero-order chi connectivity index (χ0) is 15.4. The lowest BCUT2D eigenvalue weighted by atomic mass is 9.94. The van der Waals surface area contributed by atoms with Crippen molar-refractivity contribution >= 4 is 23.5 Å². The minimum atomic E-state index is -0.922. The Labute approximate surface area is 127 Å². The minimum Gasteiger partial charge on any atom is -0.481 e. The number of hydrogen-bond donors (Lipinski definition) is 2. The van der Waals surface area contributed by atoms with Crippen molar-refractivity contribution < 1.29 is 19.1 Å². The molecule has 2 N–H and O–H groups in total. The second-order valence-corrected chi connectivity index (χ2v) is 5.72. The number of carbonyl (C=O) groups excluding carboxylic acids is 1. The summed E-state index contributed by atoms with van der Waals surface area (Å²) >= 11 is 5.77. The van der Waals surface area contributed by atoms with Crippen LogP contribution in [-0.2, 0) is 4.79 Å². The summed E-state index contributed by atoms with van der Waals surface area (Å²) in [5.74, 6) is -2.84. The first-order valence-electron chi connectivity index (χ1n) is 6.98. The molecule has 0 spiro atoms. The van der Waals surface area contributed by atoms with E-state index in [2.05, 4.69) is 5.32 Å². The summed E-state index contributed by atoms with van der Waals surface area (Å²) < 4.78 is 13.7. The first-order chi connectivity index (χ1) is 9.99. The number of benzene rings is 1. The molecule has 1 fully saturated rings. The van der Waals surface area contributed by atoms with E-state index in [-0.39, 0.29) is 10.6 Å². The number of halogens is 2. The van der Waals surface area contributed by atoms with Crippen molar-refractivity contribution in [3.8, 4) is 0 Å². The van der Waals surface area contributed by atoms with Crippen LogP contribution in [0.15, 0.2) is 18.2 Å². The molecule has 1 aromatic rings. The molecule has 0 heterocycles. The van der Waals surface area contributed by atoms with Gasteiger partial charge in [0.2, 0.25) is 0 Å². The standard InChI is InChI=1S/C15H17ClFNO3/c16-9-6-7-12(17)11(8-9)14(19)18-13-5-3-1-2-4-10(13)15(20)21/h6-8,10,13H,1-5H2,(H,18,19)(H,20,21). The molecule has 0 aromatic heterocycles. The van der Waals surface area contributed by atoms with Crippen molar-refractivity contribution in [2.75, 3.05) is 0 Å². The van der Waals surface area contributed by atoms with E-state index in [1.54, 1.807) is 0 Å². The van der Waals surface area contributed by atoms with E-state index in [9.17, 15) is 19.1 Å². The molecule has 1 aliphatic rings. The van der Waals surface area contributed by atoms with Gasteiger partial charge in [0.05, 0.1) is 11.5 Å². The van der Waals surface area contributed by atoms with Gasteiger partial charge in [0, 0.05) is 11.1 Å². The Morgan fingerprint density at radius 3 is 2.67 bits per heavy atom. The van der Waals surface area contributed by atoms with Crippen LogP contribution in [0, 0.1) is 11.7 Å². The maximum atomic E-state index is 13.7. The van der Waals surface area contributed by atoms with Crippen LogP contribution in [0.4, 0.5) is 4.39 Å². The molecule has 1 saturated carbocycles. The maximum Gasteiger partial charge on any atom is 0.308 e. The SMILES string of the molecule is O=C(NC1CCCCCC1C(=O)O)c1cc(Cl)ccc1F. The van der Waals surface area contributed by atoms with Crippen LogP contribution in [-0.4, -0.2) is 23.0 Å². The average molecular weight is 314 g/mol. The van der Waals surface area contributed by atoms with Crippen LogP contribution in [0.3, 0.4) is 0 Å². The monoisotopic (exact) mass is 313 g/mol. The van der Waals surface area contributed by atoms with Crippen molar-refractivity contribution in [3.63, 3.8) is 0 Å². The van der Waals surface area contributed by atoms with Gasteiger partial charge in [-0.2, -0.15) is 0 Å². The molecular formula is C15H17ClFNO3. The molecule has 2 unspecified atom stereocenters. The number of carboxylic acids is 1. The fourth-order valence-corrected chi connectivity index (χ4v) is 2.87. The molecule has 2 atom stereocenters. The zero-order valence-corrected chi connectivity index (χ0v) is 12.2. The Kier molecular flexibility index (Phi) is 5.17. The topological polar surface area (TPSA) is 66.4 Å². The number of aliphatic carboxylic acids is 1. The lowest BCUT2D eigenvalue weighted by Crippen LogP contribution is -2.43. The lowest BCUT2D eigenvalue weighted by molar-refractivity contribution is -0.142. The molecule has 6 heteroatoms. The highest BCUT2D eigenvalue weighted by Gasteiger charge is 2.31. The maximum absolute atomic E-state index is 13.7. The van der Waals surface area contributed by atoms with E-state index in [1.807, 2.05) is 0 Å². The fraction of sp³-hybridized carbons (Fsp3) is 0.467. The van der Waals surface area contributed by atoms with Crippen LogP contribution in [0.5, 0.6) is 0 Å². The molecule has 21 heavy (non-hydrogen) atoms. The highest BCUT2D eigenvalue weighted by Crippen LogP contribution is 2.24. The molecule has 4 nitrogen and oxygen atoms in total. The molecule has 1 aliphatic carbocycles. The lowest BCUT2D eigenvalue weighted by Gasteiger charge is -2.23. The molecule has 1 amide bonds. The summed E-state index contributed by atoms with van der Waals surface area (Å²) in [6.45, 7) is 0. The first-order valence-corrected chi connectivity index (χ1v) is 7.35. The van der Waals surface area contributed by atoms with E-state index in [4.69, 9.17) is 11.6 Å². The number of nitrogens with one attached hydrogen (secondary N) is 1. The van der Waals surface area contributed by atoms with Crippen LogP contribution in [0.25, 0.3) is 0 Å². The Hall–Kier alpha value is -1.62. The molecule has 0 radical (unpaired) electrons. The van der Waals surface area contributed by atoms with Crippen molar-refractivity contribution in [1.82, 2.24) is 5.32 Å². The van der Waals surface area contributed by atoms with Crippen molar-refractivity contribution in [2.45, 2.75) is 38.1 Å². The average Bonchev–Trinajstić information content (AvgIpc) is 2.67. The third-order valence-electron chi connectivity index (χ3n) is 3.82. The van der Waals surface area contributed by atoms with Gasteiger partial charge in [-0.3, -0.25) is 9.59 Å². The van der Waals surface area contributed by atoms with Gasteiger partial charge in [-0.1, -0.05) is 30.9 Å². The van der Waals surface area contributed by atoms with Gasteiger partial charge < -0.3 is 10.4 Å². The van der Waals surface area contributed by atoms with Crippen molar-refractivity contribution in [2.24, 2.45) is 5.92 Å². The molecule has 1 aromatic carbocycles. The van der Waals surface area contributed by atoms with E-state index in [1.165, 1.54) is 12.1 Å². The van der Waals surface area contributed by atoms with Gasteiger partial charge in [0.15, 0.2) is 0 Å². The number of carboxylic acid groups (broad SMARTS) is 1. The smallest absolute Gasteiger partial charge is 0.308 e. The Balaban J connectivity index is 2.16. The predicted molar refractivity (Wildman–Crippen MR) is 76.9 cm³/mol. The minimum absolute atomic E-state index is 0.157. The summed E-state index contributed by atoms with van der Waals surface area (Å²) in [5, 5.41) is 12.2. The predicted octanol–water partition coefficient (Wildman–Crippen LogP) is 3.24. The molecule has 0 aliphatic heterocycles. The van der Waals surface area contributed by atoms with Crippen molar-refractivity contribution in [3.05, 3.63) is 34.6 Å². The number of rotatable bonds is 3. The van der Waals surface area contributed by atoms with Gasteiger partial charge in [-0.25, -0.2) is 4.39 Å². The van der Waals surface area contributed by atoms with E-state index >= 15 is 0 Å². The van der Waals surface area contributed by atoms with Gasteiger partial charge in [0.25, 0.3) is 5.91 Å². The van der Waals surface area contributed by atoms with E-state index in [0.29, 0.717) is 12.8 Å². The molecule has 0 bridgehead atoms. The Morgan fingerprint density at radius 2 is 1.95 bits per heavy atom. The highest BCUT2D eigenvalue weighted by molar-refractivity contribution is 6.31. The largest absolute Gasteiger partial charge is 0.481 e. The van der Waals surface area contributed by atoms with E-state index in [0.717, 1.165) is 25.3 Å². The summed E-state index contributed by atoms with van der Waals surface area (Å²) in [6, 6.07) is 3.26. The summed E-state index contributed by atoms with van der Waals surface area (Å²) in [4.78, 5) is 23.5. The Bertz CT molecular complexity index is 550. The van der Waals surface area contributed by atoms with Crippen LogP contribution < -0.4 is 5.32 Å². The summed E-state index contributed by atoms with van der Waals surface area (Å²) in [5.41, 5.74) is -0.157. The summed E-state index contributed by atoms with van der Waals surface area (Å²) in [7, 11) is 0. The molecule has 2 rings (SSSR count). The second-order valence-electron chi connectivity index (χ2n) is 5.29. The normalized spacial score (nSPS) is 22.4. The number of amides is 1. The second kappa shape index (κ2) is 6.89. The molecule has 0 saturated heterocycles. The number of carbonyl (C=O) groups is 2. The molecular weight excluding hydrogens is 297 g/mol. The molecule has 114 valence electrons. The quantitative estimate of drug-likeness (QED) is 0.842. The van der Waals surface area contributed by atoms with Gasteiger partial charge in [-0.15, -0.1) is 0 Å². The first kappa shape index (κ1) is 15.8. The van der Waals surface area contributed by atoms with Crippen molar-refractivity contribution in [1.29, 1.82) is 0 Å². The van der Waals surface area contributed by atoms with Crippen LogP contribution >= 0.6 is 11.6 Å². The third kappa shape index (κ3) is 3.94. The summed E-state index contributed by atoms with van der Waals surface area (Å²) in [6.07, 6.45) is 3.74. The van der Waals surface area contributed by atoms with Gasteiger partial charge >= 0.3 is 5.97 Å².